The largest absolute Gasteiger partial charge is 0.324 e. The standard InChI is InChI=1S/C11H13ClFN/c1-2-3-4-11(14)8-5-6-9(12)10(13)7-8/h2,5-7,11H,1,3-4,14H2. The fourth-order valence-corrected chi connectivity index (χ4v) is 1.32. The van der Waals surface area contributed by atoms with E-state index in [1.54, 1.807) is 12.1 Å². The summed E-state index contributed by atoms with van der Waals surface area (Å²) in [7, 11) is 0. The van der Waals surface area contributed by atoms with Crippen LogP contribution < -0.4 is 5.73 Å². The van der Waals surface area contributed by atoms with Crippen LogP contribution in [0.1, 0.15) is 24.4 Å². The Kier molecular flexibility index (Phi) is 4.11. The lowest BCUT2D eigenvalue weighted by Crippen LogP contribution is -2.09. The topological polar surface area (TPSA) is 26.0 Å². The molecular formula is C11H13ClFN. The van der Waals surface area contributed by atoms with Gasteiger partial charge >= 0.3 is 0 Å². The molecule has 0 aliphatic carbocycles. The molecule has 0 aromatic heterocycles. The SMILES string of the molecule is C=CCCC(N)c1ccc(Cl)c(F)c1. The molecule has 0 spiro atoms. The van der Waals surface area contributed by atoms with Crippen molar-refractivity contribution in [2.75, 3.05) is 0 Å². The fraction of sp³-hybridized carbons (Fsp3) is 0.273. The van der Waals surface area contributed by atoms with Gasteiger partial charge in [-0.15, -0.1) is 6.58 Å². The lowest BCUT2D eigenvalue weighted by molar-refractivity contribution is 0.612. The molecule has 76 valence electrons. The minimum absolute atomic E-state index is 0.129. The molecule has 3 heteroatoms. The second kappa shape index (κ2) is 5.13. The highest BCUT2D eigenvalue weighted by Gasteiger charge is 2.07. The Labute approximate surface area is 88.4 Å². The average Bonchev–Trinajstić information content (AvgIpc) is 2.18. The maximum absolute atomic E-state index is 13.1. The third-order valence-corrected chi connectivity index (χ3v) is 2.36. The summed E-state index contributed by atoms with van der Waals surface area (Å²) in [6.07, 6.45) is 3.39. The molecule has 1 rings (SSSR count). The number of allylic oxidation sites excluding steroid dienone is 1. The summed E-state index contributed by atoms with van der Waals surface area (Å²) in [6.45, 7) is 3.61. The van der Waals surface area contributed by atoms with Crippen LogP contribution in [0.2, 0.25) is 5.02 Å². The molecule has 1 atom stereocenters. The van der Waals surface area contributed by atoms with Gasteiger partial charge < -0.3 is 5.73 Å². The van der Waals surface area contributed by atoms with Crippen molar-refractivity contribution in [2.45, 2.75) is 18.9 Å². The van der Waals surface area contributed by atoms with Crippen molar-refractivity contribution < 1.29 is 4.39 Å². The molecule has 14 heavy (non-hydrogen) atoms. The van der Waals surface area contributed by atoms with Gasteiger partial charge in [-0.1, -0.05) is 23.7 Å². The van der Waals surface area contributed by atoms with Gasteiger partial charge in [-0.25, -0.2) is 4.39 Å². The molecule has 1 unspecified atom stereocenters. The molecule has 1 nitrogen and oxygen atoms in total. The van der Waals surface area contributed by atoms with Crippen molar-refractivity contribution in [3.05, 3.63) is 47.3 Å². The van der Waals surface area contributed by atoms with Gasteiger partial charge in [0.25, 0.3) is 0 Å². The Morgan fingerprint density at radius 1 is 1.57 bits per heavy atom. The van der Waals surface area contributed by atoms with Crippen molar-refractivity contribution in [3.8, 4) is 0 Å². The van der Waals surface area contributed by atoms with Gasteiger partial charge in [0.15, 0.2) is 0 Å². The molecule has 1 aromatic rings. The third-order valence-electron chi connectivity index (χ3n) is 2.05. The second-order valence-corrected chi connectivity index (χ2v) is 3.55. The van der Waals surface area contributed by atoms with Gasteiger partial charge in [0, 0.05) is 6.04 Å². The molecule has 0 radical (unpaired) electrons. The minimum atomic E-state index is -0.418. The van der Waals surface area contributed by atoms with Gasteiger partial charge in [-0.3, -0.25) is 0 Å². The molecular weight excluding hydrogens is 201 g/mol. The Hall–Kier alpha value is -0.860. The second-order valence-electron chi connectivity index (χ2n) is 3.15. The zero-order valence-corrected chi connectivity index (χ0v) is 8.60. The maximum Gasteiger partial charge on any atom is 0.142 e. The van der Waals surface area contributed by atoms with Crippen LogP contribution in [0.4, 0.5) is 4.39 Å². The zero-order valence-electron chi connectivity index (χ0n) is 7.84. The molecule has 0 saturated heterocycles. The Morgan fingerprint density at radius 2 is 2.29 bits per heavy atom. The average molecular weight is 214 g/mol. The summed E-state index contributed by atoms with van der Waals surface area (Å²) >= 11 is 5.56. The molecule has 0 aliphatic rings. The van der Waals surface area contributed by atoms with E-state index in [1.807, 2.05) is 0 Å². The molecule has 0 bridgehead atoms. The summed E-state index contributed by atoms with van der Waals surface area (Å²) in [5, 5.41) is 0.129. The summed E-state index contributed by atoms with van der Waals surface area (Å²) in [5.41, 5.74) is 6.61. The number of benzene rings is 1. The fourth-order valence-electron chi connectivity index (χ4n) is 1.21. The van der Waals surface area contributed by atoms with Gasteiger partial charge in [0.2, 0.25) is 0 Å². The summed E-state index contributed by atoms with van der Waals surface area (Å²) in [4.78, 5) is 0. The highest BCUT2D eigenvalue weighted by atomic mass is 35.5. The Balaban J connectivity index is 2.75. The van der Waals surface area contributed by atoms with E-state index in [0.29, 0.717) is 0 Å². The van der Waals surface area contributed by atoms with Crippen molar-refractivity contribution >= 4 is 11.6 Å². The van der Waals surface area contributed by atoms with Gasteiger partial charge in [0.1, 0.15) is 5.82 Å². The van der Waals surface area contributed by atoms with E-state index in [2.05, 4.69) is 6.58 Å². The van der Waals surface area contributed by atoms with Gasteiger partial charge in [0.05, 0.1) is 5.02 Å². The monoisotopic (exact) mass is 213 g/mol. The Morgan fingerprint density at radius 3 is 2.86 bits per heavy atom. The third kappa shape index (κ3) is 2.82. The van der Waals surface area contributed by atoms with Crippen LogP contribution in [0.15, 0.2) is 30.9 Å². The number of hydrogen-bond acceptors (Lipinski definition) is 1. The lowest BCUT2D eigenvalue weighted by Gasteiger charge is -2.10. The molecule has 0 saturated carbocycles. The summed E-state index contributed by atoms with van der Waals surface area (Å²) in [6, 6.07) is 4.51. The van der Waals surface area contributed by atoms with E-state index >= 15 is 0 Å². The smallest absolute Gasteiger partial charge is 0.142 e. The van der Waals surface area contributed by atoms with Crippen LogP contribution in [0.3, 0.4) is 0 Å². The van der Waals surface area contributed by atoms with E-state index in [0.717, 1.165) is 18.4 Å². The lowest BCUT2D eigenvalue weighted by atomic mass is 10.0. The maximum atomic E-state index is 13.1. The number of nitrogens with two attached hydrogens (primary N) is 1. The number of rotatable bonds is 4. The summed E-state index contributed by atoms with van der Waals surface area (Å²) < 4.78 is 13.1. The van der Waals surface area contributed by atoms with Crippen LogP contribution in [0.5, 0.6) is 0 Å². The molecule has 0 aliphatic heterocycles. The Bertz CT molecular complexity index is 325. The molecule has 0 heterocycles. The van der Waals surface area contributed by atoms with Crippen molar-refractivity contribution in [2.24, 2.45) is 5.73 Å². The first kappa shape index (κ1) is 11.2. The van der Waals surface area contributed by atoms with Crippen LogP contribution in [-0.2, 0) is 0 Å². The van der Waals surface area contributed by atoms with Crippen molar-refractivity contribution in [1.29, 1.82) is 0 Å². The first-order valence-corrected chi connectivity index (χ1v) is 4.84. The predicted octanol–water partition coefficient (Wildman–Crippen LogP) is 3.45. The number of hydrogen-bond donors (Lipinski definition) is 1. The highest BCUT2D eigenvalue weighted by Crippen LogP contribution is 2.21. The molecule has 1 aromatic carbocycles. The summed E-state index contributed by atoms with van der Waals surface area (Å²) in [5.74, 6) is -0.418. The predicted molar refractivity (Wildman–Crippen MR) is 57.8 cm³/mol. The van der Waals surface area contributed by atoms with Gasteiger partial charge in [-0.2, -0.15) is 0 Å². The van der Waals surface area contributed by atoms with Crippen LogP contribution >= 0.6 is 11.6 Å². The van der Waals surface area contributed by atoms with E-state index in [9.17, 15) is 4.39 Å². The first-order chi connectivity index (χ1) is 6.65. The van der Waals surface area contributed by atoms with E-state index in [-0.39, 0.29) is 11.1 Å². The van der Waals surface area contributed by atoms with Crippen LogP contribution in [-0.4, -0.2) is 0 Å². The quantitative estimate of drug-likeness (QED) is 0.762. The van der Waals surface area contributed by atoms with E-state index in [1.165, 1.54) is 12.1 Å². The minimum Gasteiger partial charge on any atom is -0.324 e. The van der Waals surface area contributed by atoms with Crippen molar-refractivity contribution in [1.82, 2.24) is 0 Å². The highest BCUT2D eigenvalue weighted by molar-refractivity contribution is 6.30. The van der Waals surface area contributed by atoms with E-state index in [4.69, 9.17) is 17.3 Å². The van der Waals surface area contributed by atoms with E-state index < -0.39 is 5.82 Å². The van der Waals surface area contributed by atoms with Crippen LogP contribution in [0, 0.1) is 5.82 Å². The zero-order chi connectivity index (χ0) is 10.6. The van der Waals surface area contributed by atoms with Gasteiger partial charge in [-0.05, 0) is 30.5 Å². The first-order valence-electron chi connectivity index (χ1n) is 4.46. The van der Waals surface area contributed by atoms with Crippen molar-refractivity contribution in [3.63, 3.8) is 0 Å². The molecule has 0 amide bonds. The molecule has 2 N–H and O–H groups in total. The van der Waals surface area contributed by atoms with Crippen LogP contribution in [0.25, 0.3) is 0 Å². The normalized spacial score (nSPS) is 12.5. The number of halogens is 2. The molecule has 0 fully saturated rings.